The lowest BCUT2D eigenvalue weighted by Gasteiger charge is -2.22. The highest BCUT2D eigenvalue weighted by atomic mass is 16.5. The van der Waals surface area contributed by atoms with Crippen molar-refractivity contribution in [2.75, 3.05) is 19.0 Å². The zero-order valence-corrected chi connectivity index (χ0v) is 18.2. The lowest BCUT2D eigenvalue weighted by atomic mass is 10.0. The molecule has 158 valence electrons. The molecule has 5 nitrogen and oxygen atoms in total. The Hall–Kier alpha value is -2.53. The second-order valence-corrected chi connectivity index (χ2v) is 7.10. The first-order chi connectivity index (χ1) is 14.1. The average Bonchev–Trinajstić information content (AvgIpc) is 2.73. The Labute approximate surface area is 174 Å². The summed E-state index contributed by atoms with van der Waals surface area (Å²) >= 11 is 0. The van der Waals surface area contributed by atoms with Crippen LogP contribution in [0, 0.1) is 5.92 Å². The van der Waals surface area contributed by atoms with Crippen LogP contribution in [0.3, 0.4) is 0 Å². The van der Waals surface area contributed by atoms with E-state index >= 15 is 0 Å². The molecule has 1 heterocycles. The third-order valence-corrected chi connectivity index (χ3v) is 4.57. The minimum absolute atomic E-state index is 0.0782. The van der Waals surface area contributed by atoms with Crippen LogP contribution in [0.4, 0.5) is 5.69 Å². The van der Waals surface area contributed by atoms with Crippen molar-refractivity contribution in [1.82, 2.24) is 0 Å². The van der Waals surface area contributed by atoms with Gasteiger partial charge in [-0.05, 0) is 54.2 Å². The zero-order valence-electron chi connectivity index (χ0n) is 18.2. The molecule has 29 heavy (non-hydrogen) atoms. The van der Waals surface area contributed by atoms with Crippen LogP contribution < -0.4 is 14.8 Å². The summed E-state index contributed by atoms with van der Waals surface area (Å²) in [6, 6.07) is 13.6. The van der Waals surface area contributed by atoms with Gasteiger partial charge in [0.2, 0.25) is 0 Å². The van der Waals surface area contributed by atoms with Gasteiger partial charge in [0, 0.05) is 6.61 Å². The molecule has 2 aromatic carbocycles. The van der Waals surface area contributed by atoms with E-state index in [9.17, 15) is 4.79 Å². The number of rotatable bonds is 2. The third-order valence-electron chi connectivity index (χ3n) is 4.57. The number of aryl methyl sites for hydroxylation is 1. The van der Waals surface area contributed by atoms with Crippen molar-refractivity contribution in [2.45, 2.75) is 53.2 Å². The highest BCUT2D eigenvalue weighted by molar-refractivity contribution is 5.95. The summed E-state index contributed by atoms with van der Waals surface area (Å²) in [5, 5.41) is 2.96. The Balaban J connectivity index is 0.00000145. The number of carbonyl (C=O) groups is 1. The van der Waals surface area contributed by atoms with E-state index in [1.54, 1.807) is 7.11 Å². The minimum Gasteiger partial charge on any atom is -0.497 e. The van der Waals surface area contributed by atoms with Crippen molar-refractivity contribution in [2.24, 2.45) is 5.92 Å². The van der Waals surface area contributed by atoms with Crippen LogP contribution in [0.15, 0.2) is 42.5 Å². The monoisotopic (exact) mass is 399 g/mol. The Morgan fingerprint density at radius 3 is 2.55 bits per heavy atom. The molecule has 1 unspecified atom stereocenters. The van der Waals surface area contributed by atoms with Crippen LogP contribution in [0.25, 0.3) is 0 Å². The van der Waals surface area contributed by atoms with E-state index in [1.807, 2.05) is 64.1 Å². The van der Waals surface area contributed by atoms with E-state index in [0.29, 0.717) is 24.7 Å². The Morgan fingerprint density at radius 2 is 1.83 bits per heavy atom. The average molecular weight is 400 g/mol. The Kier molecular flexibility index (Phi) is 9.00. The molecule has 1 atom stereocenters. The quantitative estimate of drug-likeness (QED) is 0.752. The predicted octanol–water partition coefficient (Wildman–Crippen LogP) is 5.23. The number of para-hydroxylation sites is 2. The predicted molar refractivity (Wildman–Crippen MR) is 117 cm³/mol. The molecule has 3 rings (SSSR count). The highest BCUT2D eigenvalue weighted by Crippen LogP contribution is 2.27. The first-order valence-corrected chi connectivity index (χ1v) is 10.4. The van der Waals surface area contributed by atoms with Crippen LogP contribution in [0.1, 0.15) is 45.2 Å². The van der Waals surface area contributed by atoms with Crippen molar-refractivity contribution in [3.8, 4) is 11.5 Å². The number of benzene rings is 2. The van der Waals surface area contributed by atoms with Gasteiger partial charge in [-0.25, -0.2) is 0 Å². The summed E-state index contributed by atoms with van der Waals surface area (Å²) in [6.45, 7) is 8.91. The van der Waals surface area contributed by atoms with Gasteiger partial charge in [-0.2, -0.15) is 0 Å². The summed E-state index contributed by atoms with van der Waals surface area (Å²) in [6.07, 6.45) is 1.19. The molecule has 2 bridgehead atoms. The van der Waals surface area contributed by atoms with Crippen LogP contribution >= 0.6 is 0 Å². The van der Waals surface area contributed by atoms with E-state index in [4.69, 9.17) is 14.2 Å². The van der Waals surface area contributed by atoms with Gasteiger partial charge >= 0.3 is 0 Å². The molecule has 1 aliphatic rings. The first kappa shape index (κ1) is 22.8. The minimum atomic E-state index is -0.498. The van der Waals surface area contributed by atoms with Crippen molar-refractivity contribution in [1.29, 1.82) is 0 Å². The second-order valence-electron chi connectivity index (χ2n) is 7.10. The van der Waals surface area contributed by atoms with Gasteiger partial charge in [-0.15, -0.1) is 0 Å². The molecule has 5 heteroatoms. The van der Waals surface area contributed by atoms with Gasteiger partial charge in [0.05, 0.1) is 12.8 Å². The maximum atomic E-state index is 12.7. The van der Waals surface area contributed by atoms with Crippen LogP contribution in [-0.2, 0) is 22.6 Å². The number of methoxy groups -OCH3 is 1. The molecule has 0 aromatic heterocycles. The van der Waals surface area contributed by atoms with Crippen molar-refractivity contribution < 1.29 is 19.0 Å². The summed E-state index contributed by atoms with van der Waals surface area (Å²) in [7, 11) is 1.67. The highest BCUT2D eigenvalue weighted by Gasteiger charge is 2.24. The van der Waals surface area contributed by atoms with Gasteiger partial charge in [-0.1, -0.05) is 45.9 Å². The summed E-state index contributed by atoms with van der Waals surface area (Å²) in [4.78, 5) is 12.7. The molecular formula is C24H33NO4. The molecule has 1 aliphatic heterocycles. The molecule has 0 saturated carbocycles. The number of fused-ring (bicyclic) bond motifs is 3. The molecular weight excluding hydrogens is 366 g/mol. The molecule has 0 radical (unpaired) electrons. The number of amides is 1. The maximum Gasteiger partial charge on any atom is 0.253 e. The number of nitrogens with one attached hydrogen (secondary N) is 1. The molecule has 0 fully saturated rings. The zero-order chi connectivity index (χ0) is 21.2. The molecule has 0 aliphatic carbocycles. The molecule has 2 aromatic rings. The number of hydrogen-bond donors (Lipinski definition) is 1. The van der Waals surface area contributed by atoms with Gasteiger partial charge in [0.15, 0.2) is 0 Å². The first-order valence-electron chi connectivity index (χ1n) is 10.4. The maximum absolute atomic E-state index is 12.7. The third kappa shape index (κ3) is 6.50. The second kappa shape index (κ2) is 11.5. The molecule has 0 saturated heterocycles. The largest absolute Gasteiger partial charge is 0.497 e. The van der Waals surface area contributed by atoms with E-state index in [-0.39, 0.29) is 11.8 Å². The lowest BCUT2D eigenvalue weighted by molar-refractivity contribution is -0.130. The Morgan fingerprint density at radius 1 is 1.10 bits per heavy atom. The fourth-order valence-corrected chi connectivity index (χ4v) is 3.19. The van der Waals surface area contributed by atoms with E-state index < -0.39 is 6.10 Å². The summed E-state index contributed by atoms with van der Waals surface area (Å²) < 4.78 is 17.4. The molecule has 1 N–H and O–H groups in total. The van der Waals surface area contributed by atoms with E-state index in [0.717, 1.165) is 24.2 Å². The van der Waals surface area contributed by atoms with Crippen molar-refractivity contribution in [3.05, 3.63) is 53.6 Å². The summed E-state index contributed by atoms with van der Waals surface area (Å²) in [5.41, 5.74) is 2.85. The van der Waals surface area contributed by atoms with Gasteiger partial charge in [-0.3, -0.25) is 4.79 Å². The molecule has 1 amide bonds. The topological polar surface area (TPSA) is 56.8 Å². The fourth-order valence-electron chi connectivity index (χ4n) is 3.19. The smallest absolute Gasteiger partial charge is 0.253 e. The van der Waals surface area contributed by atoms with Gasteiger partial charge in [0.1, 0.15) is 24.2 Å². The fraction of sp³-hybridized carbons (Fsp3) is 0.458. The lowest BCUT2D eigenvalue weighted by Crippen LogP contribution is -2.35. The van der Waals surface area contributed by atoms with Crippen LogP contribution in [0.5, 0.6) is 11.5 Å². The standard InChI is InChI=1S/C22H27NO4.C2H6/c1-15(2)21-22(24)23-19-8-4-5-9-20(19)27-14-17-11-16(7-6-10-26-21)12-18(13-17)25-3;1-2/h4-5,8-9,11-13,15,21H,6-7,10,14H2,1-3H3,(H,23,24);1-2H3. The van der Waals surface area contributed by atoms with Crippen molar-refractivity contribution >= 4 is 11.6 Å². The summed E-state index contributed by atoms with van der Waals surface area (Å²) in [5.74, 6) is 1.39. The Bertz CT molecular complexity index is 788. The van der Waals surface area contributed by atoms with Crippen molar-refractivity contribution in [3.63, 3.8) is 0 Å². The number of ether oxygens (including phenoxy) is 3. The normalized spacial score (nSPS) is 17.0. The number of carbonyl (C=O) groups excluding carboxylic acids is 1. The van der Waals surface area contributed by atoms with Crippen LogP contribution in [-0.4, -0.2) is 25.7 Å². The van der Waals surface area contributed by atoms with E-state index in [1.165, 1.54) is 5.56 Å². The van der Waals surface area contributed by atoms with Crippen LogP contribution in [0.2, 0.25) is 0 Å². The molecule has 0 spiro atoms. The van der Waals surface area contributed by atoms with E-state index in [2.05, 4.69) is 11.4 Å². The SMILES string of the molecule is CC.COc1cc2cc(c1)COc1ccccc1NC(=O)C(C(C)C)OCCC2. The van der Waals surface area contributed by atoms with Gasteiger partial charge < -0.3 is 19.5 Å². The van der Waals surface area contributed by atoms with Gasteiger partial charge in [0.25, 0.3) is 5.91 Å². The number of anilines is 1. The number of hydrogen-bond acceptors (Lipinski definition) is 4.